The molecule has 23 heavy (non-hydrogen) atoms. The average molecular weight is 305 g/mol. The van der Waals surface area contributed by atoms with E-state index >= 15 is 0 Å². The fraction of sp³-hybridized carbons (Fsp3) is 0.118. The fourth-order valence-corrected chi connectivity index (χ4v) is 2.69. The summed E-state index contributed by atoms with van der Waals surface area (Å²) in [6, 6.07) is 15.4. The SMILES string of the molecule is Cc1ccc(Cn2nc3c(N)nc4ccccc4n3c2=O)cc1. The second-order valence-electron chi connectivity index (χ2n) is 5.57. The molecule has 2 N–H and O–H groups in total. The Hall–Kier alpha value is -3.15. The van der Waals surface area contributed by atoms with Gasteiger partial charge in [0.05, 0.1) is 17.6 Å². The van der Waals surface area contributed by atoms with Gasteiger partial charge in [0.15, 0.2) is 5.82 Å². The number of hydrogen-bond donors (Lipinski definition) is 1. The lowest BCUT2D eigenvalue weighted by Gasteiger charge is -2.01. The van der Waals surface area contributed by atoms with Gasteiger partial charge in [-0.15, -0.1) is 5.10 Å². The fourth-order valence-electron chi connectivity index (χ4n) is 2.69. The molecule has 0 saturated carbocycles. The molecule has 0 radical (unpaired) electrons. The number of nitrogens with zero attached hydrogens (tertiary/aromatic N) is 4. The topological polar surface area (TPSA) is 78.2 Å². The predicted molar refractivity (Wildman–Crippen MR) is 89.4 cm³/mol. The second-order valence-corrected chi connectivity index (χ2v) is 5.57. The molecule has 0 aliphatic carbocycles. The number of anilines is 1. The van der Waals surface area contributed by atoms with Gasteiger partial charge in [0.25, 0.3) is 0 Å². The lowest BCUT2D eigenvalue weighted by Crippen LogP contribution is -2.22. The Kier molecular flexibility index (Phi) is 2.90. The van der Waals surface area contributed by atoms with Crippen molar-refractivity contribution in [2.45, 2.75) is 13.5 Å². The van der Waals surface area contributed by atoms with E-state index in [2.05, 4.69) is 10.1 Å². The molecule has 6 nitrogen and oxygen atoms in total. The van der Waals surface area contributed by atoms with E-state index in [4.69, 9.17) is 5.73 Å². The monoisotopic (exact) mass is 305 g/mol. The minimum absolute atomic E-state index is 0.217. The molecule has 0 fully saturated rings. The molecule has 0 aliphatic rings. The summed E-state index contributed by atoms with van der Waals surface area (Å²) in [6.07, 6.45) is 0. The van der Waals surface area contributed by atoms with E-state index in [-0.39, 0.29) is 11.5 Å². The Morgan fingerprint density at radius 1 is 1.09 bits per heavy atom. The van der Waals surface area contributed by atoms with Crippen LogP contribution in [0.5, 0.6) is 0 Å². The third-order valence-electron chi connectivity index (χ3n) is 3.88. The Labute approximate surface area is 131 Å². The number of nitrogens with two attached hydrogens (primary N) is 1. The number of rotatable bonds is 2. The minimum Gasteiger partial charge on any atom is -0.381 e. The lowest BCUT2D eigenvalue weighted by molar-refractivity contribution is 0.660. The molecule has 114 valence electrons. The van der Waals surface area contributed by atoms with Crippen molar-refractivity contribution in [3.8, 4) is 0 Å². The normalized spacial score (nSPS) is 11.3. The highest BCUT2D eigenvalue weighted by atomic mass is 16.2. The van der Waals surface area contributed by atoms with Gasteiger partial charge in [-0.2, -0.15) is 0 Å². The zero-order valence-corrected chi connectivity index (χ0v) is 12.6. The van der Waals surface area contributed by atoms with Crippen molar-refractivity contribution >= 4 is 22.5 Å². The van der Waals surface area contributed by atoms with Crippen LogP contribution in [0, 0.1) is 6.92 Å². The molecule has 0 unspecified atom stereocenters. The molecule has 4 aromatic rings. The van der Waals surface area contributed by atoms with E-state index in [9.17, 15) is 4.79 Å². The van der Waals surface area contributed by atoms with Gasteiger partial charge in [0.1, 0.15) is 0 Å². The highest BCUT2D eigenvalue weighted by Crippen LogP contribution is 2.16. The van der Waals surface area contributed by atoms with Gasteiger partial charge in [-0.05, 0) is 24.6 Å². The van der Waals surface area contributed by atoms with Gasteiger partial charge >= 0.3 is 5.69 Å². The molecular weight excluding hydrogens is 290 g/mol. The molecule has 0 aliphatic heterocycles. The Morgan fingerprint density at radius 2 is 1.83 bits per heavy atom. The molecule has 0 spiro atoms. The lowest BCUT2D eigenvalue weighted by atomic mass is 10.1. The van der Waals surface area contributed by atoms with Crippen LogP contribution in [0.15, 0.2) is 53.3 Å². The van der Waals surface area contributed by atoms with E-state index in [1.165, 1.54) is 14.6 Å². The zero-order chi connectivity index (χ0) is 16.0. The Bertz CT molecular complexity index is 1080. The van der Waals surface area contributed by atoms with Gasteiger partial charge in [-0.3, -0.25) is 0 Å². The van der Waals surface area contributed by atoms with E-state index in [0.29, 0.717) is 23.2 Å². The average Bonchev–Trinajstić information content (AvgIpc) is 2.88. The van der Waals surface area contributed by atoms with E-state index < -0.39 is 0 Å². The van der Waals surface area contributed by atoms with Crippen molar-refractivity contribution in [2.24, 2.45) is 0 Å². The van der Waals surface area contributed by atoms with Crippen LogP contribution in [-0.4, -0.2) is 19.2 Å². The second kappa shape index (κ2) is 4.95. The van der Waals surface area contributed by atoms with Crippen LogP contribution in [0.4, 0.5) is 5.82 Å². The van der Waals surface area contributed by atoms with E-state index in [1.807, 2.05) is 55.5 Å². The van der Waals surface area contributed by atoms with Gasteiger partial charge in [0, 0.05) is 0 Å². The largest absolute Gasteiger partial charge is 0.381 e. The van der Waals surface area contributed by atoms with Crippen LogP contribution in [0.1, 0.15) is 11.1 Å². The summed E-state index contributed by atoms with van der Waals surface area (Å²) in [4.78, 5) is 17.1. The molecular formula is C17H15N5O. The number of benzene rings is 2. The molecule has 0 saturated heterocycles. The first kappa shape index (κ1) is 13.5. The maximum atomic E-state index is 12.7. The number of hydrogen-bond acceptors (Lipinski definition) is 4. The van der Waals surface area contributed by atoms with Crippen LogP contribution in [0.25, 0.3) is 16.7 Å². The molecule has 6 heteroatoms. The third-order valence-corrected chi connectivity index (χ3v) is 3.88. The van der Waals surface area contributed by atoms with Crippen molar-refractivity contribution in [3.63, 3.8) is 0 Å². The van der Waals surface area contributed by atoms with Crippen molar-refractivity contribution in [1.29, 1.82) is 0 Å². The molecule has 2 heterocycles. The summed E-state index contributed by atoms with van der Waals surface area (Å²) in [5.74, 6) is 0.253. The van der Waals surface area contributed by atoms with Crippen molar-refractivity contribution in [2.75, 3.05) is 5.73 Å². The predicted octanol–water partition coefficient (Wildman–Crippen LogP) is 1.98. The van der Waals surface area contributed by atoms with E-state index in [0.717, 1.165) is 5.56 Å². The van der Waals surface area contributed by atoms with Gasteiger partial charge in [-0.1, -0.05) is 42.0 Å². The first-order valence-electron chi connectivity index (χ1n) is 7.33. The summed E-state index contributed by atoms with van der Waals surface area (Å²) in [5, 5.41) is 4.36. The number of fused-ring (bicyclic) bond motifs is 3. The first-order chi connectivity index (χ1) is 11.1. The Balaban J connectivity index is 1.93. The van der Waals surface area contributed by atoms with Crippen LogP contribution < -0.4 is 11.4 Å². The maximum Gasteiger partial charge on any atom is 0.351 e. The number of nitrogen functional groups attached to an aromatic ring is 1. The quantitative estimate of drug-likeness (QED) is 0.614. The molecule has 0 atom stereocenters. The van der Waals surface area contributed by atoms with Crippen LogP contribution in [0.2, 0.25) is 0 Å². The molecule has 0 bridgehead atoms. The summed E-state index contributed by atoms with van der Waals surface area (Å²) in [6.45, 7) is 2.42. The Morgan fingerprint density at radius 3 is 2.61 bits per heavy atom. The summed E-state index contributed by atoms with van der Waals surface area (Å²) in [7, 11) is 0. The molecule has 2 aromatic carbocycles. The minimum atomic E-state index is -0.217. The van der Waals surface area contributed by atoms with Crippen LogP contribution in [-0.2, 0) is 6.54 Å². The zero-order valence-electron chi connectivity index (χ0n) is 12.6. The summed E-state index contributed by atoms with van der Waals surface area (Å²) >= 11 is 0. The molecule has 0 amide bonds. The van der Waals surface area contributed by atoms with Gasteiger partial charge < -0.3 is 5.73 Å². The first-order valence-corrected chi connectivity index (χ1v) is 7.33. The number of aryl methyl sites for hydroxylation is 1. The van der Waals surface area contributed by atoms with Crippen LogP contribution in [0.3, 0.4) is 0 Å². The molecule has 4 rings (SSSR count). The summed E-state index contributed by atoms with van der Waals surface area (Å²) < 4.78 is 2.94. The maximum absolute atomic E-state index is 12.7. The van der Waals surface area contributed by atoms with Crippen LogP contribution >= 0.6 is 0 Å². The van der Waals surface area contributed by atoms with E-state index in [1.54, 1.807) is 0 Å². The third kappa shape index (κ3) is 2.15. The van der Waals surface area contributed by atoms with Crippen molar-refractivity contribution < 1.29 is 0 Å². The standard InChI is InChI=1S/C17H15N5O/c1-11-6-8-12(9-7-11)10-21-17(23)22-14-5-3-2-4-13(14)19-15(18)16(22)20-21/h2-9H,10H2,1H3,(H2,18,19). The smallest absolute Gasteiger partial charge is 0.351 e. The highest BCUT2D eigenvalue weighted by Gasteiger charge is 2.14. The molecule has 2 aromatic heterocycles. The highest BCUT2D eigenvalue weighted by molar-refractivity contribution is 5.81. The van der Waals surface area contributed by atoms with Crippen molar-refractivity contribution in [3.05, 3.63) is 70.1 Å². The number of para-hydroxylation sites is 2. The number of aromatic nitrogens is 4. The van der Waals surface area contributed by atoms with Crippen molar-refractivity contribution in [1.82, 2.24) is 19.2 Å². The van der Waals surface area contributed by atoms with Gasteiger partial charge in [0.2, 0.25) is 5.65 Å². The summed E-state index contributed by atoms with van der Waals surface area (Å²) in [5.41, 5.74) is 9.71. The van der Waals surface area contributed by atoms with Gasteiger partial charge in [-0.25, -0.2) is 18.9 Å².